The Labute approximate surface area is 108 Å². The maximum atomic E-state index is 6.06. The Hall–Kier alpha value is -0.980. The lowest BCUT2D eigenvalue weighted by atomic mass is 10.1. The van der Waals surface area contributed by atoms with E-state index in [1.807, 2.05) is 13.8 Å². The Bertz CT molecular complexity index is 401. The van der Waals surface area contributed by atoms with Crippen LogP contribution in [0.3, 0.4) is 0 Å². The van der Waals surface area contributed by atoms with Gasteiger partial charge in [-0.2, -0.15) is 0 Å². The first-order valence-electron chi connectivity index (χ1n) is 5.94. The van der Waals surface area contributed by atoms with Crippen molar-refractivity contribution < 1.29 is 0 Å². The van der Waals surface area contributed by atoms with Crippen LogP contribution in [0.15, 0.2) is 0 Å². The topological polar surface area (TPSA) is 40.7 Å². The predicted molar refractivity (Wildman–Crippen MR) is 72.0 cm³/mol. The van der Waals surface area contributed by atoms with Crippen LogP contribution in [0.4, 0.5) is 0 Å². The number of nitrogens with zero attached hydrogens (tertiary/aromatic N) is 1. The number of unbranched alkanes of at least 4 members (excludes halogenated alkanes) is 1. The molecule has 0 bridgehead atoms. The van der Waals surface area contributed by atoms with Gasteiger partial charge in [-0.3, -0.25) is 5.32 Å². The van der Waals surface area contributed by atoms with Gasteiger partial charge in [0, 0.05) is 13.0 Å². The lowest BCUT2D eigenvalue weighted by Gasteiger charge is -2.18. The minimum absolute atomic E-state index is 0.335. The minimum atomic E-state index is -0.335. The molecule has 0 unspecified atom stereocenters. The van der Waals surface area contributed by atoms with Gasteiger partial charge in [0.15, 0.2) is 5.15 Å². The summed E-state index contributed by atoms with van der Waals surface area (Å²) in [6, 6.07) is 0. The smallest absolute Gasteiger partial charge is 0.151 e. The van der Waals surface area contributed by atoms with Crippen LogP contribution in [0.2, 0.25) is 5.15 Å². The SMILES string of the molecule is C#CC(C)(C)NCc1[nH]c(CCCC)nc1Cl. The van der Waals surface area contributed by atoms with Crippen molar-refractivity contribution >= 4 is 11.6 Å². The molecule has 0 aliphatic rings. The Morgan fingerprint density at radius 3 is 2.82 bits per heavy atom. The zero-order valence-corrected chi connectivity index (χ0v) is 11.5. The molecule has 0 radical (unpaired) electrons. The van der Waals surface area contributed by atoms with E-state index in [2.05, 4.69) is 28.1 Å². The predicted octanol–water partition coefficient (Wildman–Crippen LogP) is 2.91. The summed E-state index contributed by atoms with van der Waals surface area (Å²) in [5, 5.41) is 3.78. The van der Waals surface area contributed by atoms with Crippen LogP contribution < -0.4 is 5.32 Å². The van der Waals surface area contributed by atoms with Crippen molar-refractivity contribution in [3.63, 3.8) is 0 Å². The molecule has 1 heterocycles. The summed E-state index contributed by atoms with van der Waals surface area (Å²) in [4.78, 5) is 7.53. The highest BCUT2D eigenvalue weighted by molar-refractivity contribution is 6.30. The third kappa shape index (κ3) is 4.41. The number of rotatable bonds is 6. The molecule has 0 amide bonds. The van der Waals surface area contributed by atoms with E-state index in [0.29, 0.717) is 11.7 Å². The van der Waals surface area contributed by atoms with Crippen molar-refractivity contribution in [2.45, 2.75) is 52.1 Å². The molecule has 0 atom stereocenters. The number of imidazole rings is 1. The van der Waals surface area contributed by atoms with Crippen LogP contribution in [-0.4, -0.2) is 15.5 Å². The first-order chi connectivity index (χ1) is 7.98. The maximum absolute atomic E-state index is 6.06. The largest absolute Gasteiger partial charge is 0.344 e. The molecule has 17 heavy (non-hydrogen) atoms. The monoisotopic (exact) mass is 253 g/mol. The molecular weight excluding hydrogens is 234 g/mol. The fourth-order valence-corrected chi connectivity index (χ4v) is 1.60. The molecule has 0 aromatic carbocycles. The molecule has 0 aliphatic heterocycles. The van der Waals surface area contributed by atoms with Crippen LogP contribution in [0.5, 0.6) is 0 Å². The molecular formula is C13H20ClN3. The molecule has 4 heteroatoms. The zero-order valence-electron chi connectivity index (χ0n) is 10.7. The zero-order chi connectivity index (χ0) is 12.9. The van der Waals surface area contributed by atoms with Crippen LogP contribution in [-0.2, 0) is 13.0 Å². The van der Waals surface area contributed by atoms with Gasteiger partial charge in [-0.05, 0) is 20.3 Å². The van der Waals surface area contributed by atoms with E-state index in [9.17, 15) is 0 Å². The van der Waals surface area contributed by atoms with Crippen LogP contribution >= 0.6 is 11.6 Å². The first kappa shape index (κ1) is 14.1. The Kier molecular flexibility index (Phi) is 5.04. The van der Waals surface area contributed by atoms with Crippen LogP contribution in [0.1, 0.15) is 45.1 Å². The molecule has 0 fully saturated rings. The molecule has 0 spiro atoms. The molecule has 0 saturated carbocycles. The Morgan fingerprint density at radius 1 is 1.53 bits per heavy atom. The van der Waals surface area contributed by atoms with Crippen LogP contribution in [0, 0.1) is 12.3 Å². The number of aryl methyl sites for hydroxylation is 1. The van der Waals surface area contributed by atoms with Gasteiger partial charge in [-0.1, -0.05) is 30.9 Å². The summed E-state index contributed by atoms with van der Waals surface area (Å²) in [7, 11) is 0. The van der Waals surface area contributed by atoms with Crippen molar-refractivity contribution in [2.75, 3.05) is 0 Å². The second kappa shape index (κ2) is 6.09. The molecule has 3 nitrogen and oxygen atoms in total. The average Bonchev–Trinajstić information content (AvgIpc) is 2.65. The molecule has 1 aromatic heterocycles. The highest BCUT2D eigenvalue weighted by Gasteiger charge is 2.15. The number of aromatic amines is 1. The molecule has 94 valence electrons. The van der Waals surface area contributed by atoms with E-state index in [-0.39, 0.29) is 5.54 Å². The van der Waals surface area contributed by atoms with Crippen molar-refractivity contribution in [1.29, 1.82) is 0 Å². The number of aromatic nitrogens is 2. The second-order valence-corrected chi connectivity index (χ2v) is 5.04. The van der Waals surface area contributed by atoms with Gasteiger partial charge in [0.25, 0.3) is 0 Å². The Balaban J connectivity index is 2.60. The lowest BCUT2D eigenvalue weighted by Crippen LogP contribution is -2.37. The number of hydrogen-bond donors (Lipinski definition) is 2. The molecule has 0 aliphatic carbocycles. The van der Waals surface area contributed by atoms with Gasteiger partial charge in [-0.25, -0.2) is 4.98 Å². The second-order valence-electron chi connectivity index (χ2n) is 4.68. The van der Waals surface area contributed by atoms with Gasteiger partial charge in [0.05, 0.1) is 11.2 Å². The quantitative estimate of drug-likeness (QED) is 0.766. The minimum Gasteiger partial charge on any atom is -0.344 e. The fraction of sp³-hybridized carbons (Fsp3) is 0.615. The van der Waals surface area contributed by atoms with Crippen molar-refractivity contribution in [3.8, 4) is 12.3 Å². The standard InChI is InChI=1S/C13H20ClN3/c1-5-7-8-11-16-10(12(14)17-11)9-15-13(3,4)6-2/h2,15H,5,7-9H2,1,3-4H3,(H,16,17). The van der Waals surface area contributed by atoms with E-state index in [0.717, 1.165) is 30.8 Å². The van der Waals surface area contributed by atoms with Gasteiger partial charge in [-0.15, -0.1) is 6.42 Å². The van der Waals surface area contributed by atoms with E-state index in [4.69, 9.17) is 18.0 Å². The highest BCUT2D eigenvalue weighted by Crippen LogP contribution is 2.15. The fourth-order valence-electron chi connectivity index (χ4n) is 1.38. The van der Waals surface area contributed by atoms with E-state index in [1.54, 1.807) is 0 Å². The van der Waals surface area contributed by atoms with Crippen LogP contribution in [0.25, 0.3) is 0 Å². The summed E-state index contributed by atoms with van der Waals surface area (Å²) in [5.41, 5.74) is 0.568. The summed E-state index contributed by atoms with van der Waals surface area (Å²) in [6.45, 7) is 6.67. The number of terminal acetylenes is 1. The third-order valence-electron chi connectivity index (χ3n) is 2.61. The molecule has 2 N–H and O–H groups in total. The maximum Gasteiger partial charge on any atom is 0.151 e. The summed E-state index contributed by atoms with van der Waals surface area (Å²) >= 11 is 6.06. The van der Waals surface area contributed by atoms with E-state index < -0.39 is 0 Å². The van der Waals surface area contributed by atoms with Gasteiger partial charge in [0.2, 0.25) is 0 Å². The number of nitrogens with one attached hydrogen (secondary N) is 2. The molecule has 0 saturated heterocycles. The summed E-state index contributed by atoms with van der Waals surface area (Å²) < 4.78 is 0. The number of halogens is 1. The van der Waals surface area contributed by atoms with E-state index in [1.165, 1.54) is 0 Å². The summed E-state index contributed by atoms with van der Waals surface area (Å²) in [5.74, 6) is 3.63. The van der Waals surface area contributed by atoms with Gasteiger partial charge < -0.3 is 4.98 Å². The number of hydrogen-bond acceptors (Lipinski definition) is 2. The normalized spacial score (nSPS) is 11.5. The first-order valence-corrected chi connectivity index (χ1v) is 6.32. The number of H-pyrrole nitrogens is 1. The molecule has 1 rings (SSSR count). The van der Waals surface area contributed by atoms with Gasteiger partial charge in [0.1, 0.15) is 5.82 Å². The summed E-state index contributed by atoms with van der Waals surface area (Å²) in [6.07, 6.45) is 8.61. The third-order valence-corrected chi connectivity index (χ3v) is 2.93. The molecule has 1 aromatic rings. The van der Waals surface area contributed by atoms with Crippen molar-refractivity contribution in [2.24, 2.45) is 0 Å². The van der Waals surface area contributed by atoms with Crippen molar-refractivity contribution in [1.82, 2.24) is 15.3 Å². The lowest BCUT2D eigenvalue weighted by molar-refractivity contribution is 0.487. The average molecular weight is 254 g/mol. The van der Waals surface area contributed by atoms with Gasteiger partial charge >= 0.3 is 0 Å². The van der Waals surface area contributed by atoms with Crippen molar-refractivity contribution in [3.05, 3.63) is 16.7 Å². The highest BCUT2D eigenvalue weighted by atomic mass is 35.5. The van der Waals surface area contributed by atoms with E-state index >= 15 is 0 Å². The Morgan fingerprint density at radius 2 is 2.24 bits per heavy atom.